The molecule has 0 aromatic heterocycles. The van der Waals surface area contributed by atoms with Gasteiger partial charge in [-0.05, 0) is 44.4 Å². The maximum Gasteiger partial charge on any atom is 0.162 e. The average Bonchev–Trinajstić information content (AvgIpc) is 2.87. The zero-order valence-corrected chi connectivity index (χ0v) is 13.9. The van der Waals surface area contributed by atoms with Crippen molar-refractivity contribution in [3.8, 4) is 0 Å². The van der Waals surface area contributed by atoms with Crippen LogP contribution >= 0.6 is 0 Å². The topological polar surface area (TPSA) is 22.9 Å². The Labute approximate surface area is 129 Å². The van der Waals surface area contributed by atoms with Gasteiger partial charge < -0.3 is 14.4 Å². The number of allylic oxidation sites excluding steroid dienone is 2. The maximum atomic E-state index is 6.31. The van der Waals surface area contributed by atoms with E-state index in [0.29, 0.717) is 23.9 Å². The number of hydrogen-bond donors (Lipinski definition) is 1. The van der Waals surface area contributed by atoms with Crippen LogP contribution in [-0.4, -0.2) is 38.6 Å². The van der Waals surface area contributed by atoms with Gasteiger partial charge in [0.15, 0.2) is 6.29 Å². The zero-order valence-electron chi connectivity index (χ0n) is 13.9. The van der Waals surface area contributed by atoms with Crippen LogP contribution in [0.4, 0.5) is 0 Å². The van der Waals surface area contributed by atoms with Crippen molar-refractivity contribution in [2.75, 3.05) is 26.2 Å². The Morgan fingerprint density at radius 1 is 1.19 bits per heavy atom. The van der Waals surface area contributed by atoms with Crippen LogP contribution in [-0.2, 0) is 9.47 Å². The van der Waals surface area contributed by atoms with E-state index in [9.17, 15) is 0 Å². The summed E-state index contributed by atoms with van der Waals surface area (Å²) in [7, 11) is 0. The van der Waals surface area contributed by atoms with Gasteiger partial charge in [-0.3, -0.25) is 0 Å². The van der Waals surface area contributed by atoms with E-state index in [1.165, 1.54) is 44.3 Å². The molecule has 0 bridgehead atoms. The minimum Gasteiger partial charge on any atom is -0.349 e. The van der Waals surface area contributed by atoms with Crippen molar-refractivity contribution >= 4 is 0 Å². The summed E-state index contributed by atoms with van der Waals surface area (Å²) < 4.78 is 12.4. The smallest absolute Gasteiger partial charge is 0.162 e. The summed E-state index contributed by atoms with van der Waals surface area (Å²) in [4.78, 5) is 1.72. The van der Waals surface area contributed by atoms with Gasteiger partial charge >= 0.3 is 0 Å². The van der Waals surface area contributed by atoms with Crippen molar-refractivity contribution in [2.24, 2.45) is 17.8 Å². The van der Waals surface area contributed by atoms with Gasteiger partial charge in [0.25, 0.3) is 0 Å². The second-order valence-corrected chi connectivity index (χ2v) is 7.61. The van der Waals surface area contributed by atoms with Gasteiger partial charge in [0.05, 0.1) is 19.7 Å². The van der Waals surface area contributed by atoms with E-state index in [1.807, 2.05) is 0 Å². The van der Waals surface area contributed by atoms with Crippen LogP contribution in [0.2, 0.25) is 0 Å². The molecule has 3 rings (SSSR count). The van der Waals surface area contributed by atoms with Gasteiger partial charge in [0.2, 0.25) is 0 Å². The normalized spacial score (nSPS) is 42.0. The van der Waals surface area contributed by atoms with Crippen LogP contribution in [0.1, 0.15) is 46.5 Å². The van der Waals surface area contributed by atoms with Crippen LogP contribution in [0.5, 0.6) is 0 Å². The lowest BCUT2D eigenvalue weighted by Gasteiger charge is -2.36. The van der Waals surface area contributed by atoms with Crippen molar-refractivity contribution in [3.63, 3.8) is 0 Å². The zero-order chi connectivity index (χ0) is 14.8. The Hall–Kier alpha value is -0.380. The number of hydrogen-bond acceptors (Lipinski definition) is 2. The summed E-state index contributed by atoms with van der Waals surface area (Å²) in [5.41, 5.74) is 1.53. The van der Waals surface area contributed by atoms with E-state index < -0.39 is 0 Å². The fourth-order valence-electron chi connectivity index (χ4n) is 4.66. The van der Waals surface area contributed by atoms with E-state index in [-0.39, 0.29) is 6.29 Å². The summed E-state index contributed by atoms with van der Waals surface area (Å²) in [5, 5.41) is 0. The molecule has 0 amide bonds. The molecule has 2 fully saturated rings. The first-order valence-corrected chi connectivity index (χ1v) is 8.91. The van der Waals surface area contributed by atoms with Crippen molar-refractivity contribution in [1.29, 1.82) is 0 Å². The van der Waals surface area contributed by atoms with Gasteiger partial charge in [-0.25, -0.2) is 0 Å². The second kappa shape index (κ2) is 6.80. The van der Waals surface area contributed by atoms with E-state index >= 15 is 0 Å². The van der Waals surface area contributed by atoms with Gasteiger partial charge in [-0.1, -0.05) is 25.5 Å². The summed E-state index contributed by atoms with van der Waals surface area (Å²) in [6.07, 6.45) is 8.13. The lowest BCUT2D eigenvalue weighted by atomic mass is 9.74. The SMILES string of the molecule is CC1=C[C@@H](C)[C@H]([C@@H]2OC[C@H](C[NH+]3CCCCC3)O2)[C@@H](C)C1. The van der Waals surface area contributed by atoms with E-state index in [4.69, 9.17) is 9.47 Å². The summed E-state index contributed by atoms with van der Waals surface area (Å²) in [6, 6.07) is 0. The third kappa shape index (κ3) is 3.69. The third-order valence-corrected chi connectivity index (χ3v) is 5.62. The molecule has 1 N–H and O–H groups in total. The minimum absolute atomic E-state index is 0.0218. The summed E-state index contributed by atoms with van der Waals surface area (Å²) in [5.74, 6) is 1.76. The predicted octanol–water partition coefficient (Wildman–Crippen LogP) is 2.04. The molecule has 2 saturated heterocycles. The molecule has 5 atom stereocenters. The number of rotatable bonds is 3. The van der Waals surface area contributed by atoms with Gasteiger partial charge in [0, 0.05) is 5.92 Å². The first kappa shape index (κ1) is 15.5. The highest BCUT2D eigenvalue weighted by atomic mass is 16.7. The molecule has 3 aliphatic rings. The van der Waals surface area contributed by atoms with E-state index in [2.05, 4.69) is 26.8 Å². The number of ether oxygens (including phenoxy) is 2. The highest BCUT2D eigenvalue weighted by Gasteiger charge is 2.40. The maximum absolute atomic E-state index is 6.31. The summed E-state index contributed by atoms with van der Waals surface area (Å²) >= 11 is 0. The second-order valence-electron chi connectivity index (χ2n) is 7.61. The Balaban J connectivity index is 1.54. The van der Waals surface area contributed by atoms with Crippen molar-refractivity contribution in [2.45, 2.75) is 58.8 Å². The van der Waals surface area contributed by atoms with Crippen molar-refractivity contribution in [1.82, 2.24) is 0 Å². The molecule has 0 unspecified atom stereocenters. The molecule has 0 spiro atoms. The lowest BCUT2D eigenvalue weighted by molar-refractivity contribution is -0.907. The third-order valence-electron chi connectivity index (χ3n) is 5.62. The Bertz CT molecular complexity index is 375. The van der Waals surface area contributed by atoms with Crippen LogP contribution in [0.15, 0.2) is 11.6 Å². The highest BCUT2D eigenvalue weighted by molar-refractivity contribution is 5.09. The first-order chi connectivity index (χ1) is 10.1. The molecule has 2 heterocycles. The number of likely N-dealkylation sites (tertiary alicyclic amines) is 1. The number of piperidine rings is 1. The molecule has 0 saturated carbocycles. The Kier molecular flexibility index (Phi) is 5.03. The van der Waals surface area contributed by atoms with Gasteiger partial charge in [-0.2, -0.15) is 0 Å². The van der Waals surface area contributed by atoms with E-state index in [1.54, 1.807) is 4.90 Å². The standard InChI is InChI=1S/C18H31NO2/c1-13-9-14(2)17(15(3)10-13)18-20-12-16(21-18)11-19-7-5-4-6-8-19/h9,14-18H,4-8,10-12H2,1-3H3/p+1/t14-,15+,16+,17+,18-/m1/s1. The van der Waals surface area contributed by atoms with Gasteiger partial charge in [0.1, 0.15) is 12.6 Å². The Morgan fingerprint density at radius 3 is 2.67 bits per heavy atom. The fraction of sp³-hybridized carbons (Fsp3) is 0.889. The number of quaternary nitrogens is 1. The molecule has 2 aliphatic heterocycles. The monoisotopic (exact) mass is 294 g/mol. The van der Waals surface area contributed by atoms with Crippen molar-refractivity contribution < 1.29 is 14.4 Å². The molecule has 21 heavy (non-hydrogen) atoms. The molecular weight excluding hydrogens is 262 g/mol. The van der Waals surface area contributed by atoms with Crippen LogP contribution in [0, 0.1) is 17.8 Å². The molecule has 0 aromatic rings. The molecule has 120 valence electrons. The highest BCUT2D eigenvalue weighted by Crippen LogP contribution is 2.38. The first-order valence-electron chi connectivity index (χ1n) is 8.91. The van der Waals surface area contributed by atoms with Crippen LogP contribution < -0.4 is 4.90 Å². The predicted molar refractivity (Wildman–Crippen MR) is 84.2 cm³/mol. The number of nitrogens with one attached hydrogen (secondary N) is 1. The quantitative estimate of drug-likeness (QED) is 0.805. The Morgan fingerprint density at radius 2 is 1.95 bits per heavy atom. The molecule has 0 radical (unpaired) electrons. The van der Waals surface area contributed by atoms with Crippen molar-refractivity contribution in [3.05, 3.63) is 11.6 Å². The van der Waals surface area contributed by atoms with E-state index in [0.717, 1.165) is 13.2 Å². The minimum atomic E-state index is 0.0218. The largest absolute Gasteiger partial charge is 0.349 e. The van der Waals surface area contributed by atoms with Crippen LogP contribution in [0.3, 0.4) is 0 Å². The lowest BCUT2D eigenvalue weighted by Crippen LogP contribution is -3.13. The molecule has 1 aliphatic carbocycles. The molecule has 3 nitrogen and oxygen atoms in total. The average molecular weight is 294 g/mol. The fourth-order valence-corrected chi connectivity index (χ4v) is 4.66. The van der Waals surface area contributed by atoms with Crippen LogP contribution in [0.25, 0.3) is 0 Å². The summed E-state index contributed by atoms with van der Waals surface area (Å²) in [6.45, 7) is 11.5. The molecule has 0 aromatic carbocycles. The molecule has 3 heteroatoms. The van der Waals surface area contributed by atoms with Gasteiger partial charge in [-0.15, -0.1) is 0 Å². The molecular formula is C18H32NO2+.